The second-order valence-electron chi connectivity index (χ2n) is 5.59. The van der Waals surface area contributed by atoms with E-state index in [0.29, 0.717) is 12.1 Å². The molecule has 0 aromatic carbocycles. The molecule has 5 nitrogen and oxygen atoms in total. The highest BCUT2D eigenvalue weighted by Crippen LogP contribution is 2.09. The van der Waals surface area contributed by atoms with Crippen LogP contribution in [-0.4, -0.2) is 27.4 Å². The fourth-order valence-electron chi connectivity index (χ4n) is 2.44. The number of unbranched alkanes of at least 4 members (excludes halogenated alkanes) is 7. The Bertz CT molecular complexity index is 416. The van der Waals surface area contributed by atoms with Crippen molar-refractivity contribution >= 4 is 5.97 Å². The van der Waals surface area contributed by atoms with Gasteiger partial charge in [-0.25, -0.2) is 4.79 Å². The summed E-state index contributed by atoms with van der Waals surface area (Å²) in [4.78, 5) is 11.0. The van der Waals surface area contributed by atoms with Crippen LogP contribution in [0, 0.1) is 0 Å². The molecule has 0 saturated carbocycles. The highest BCUT2D eigenvalue weighted by molar-refractivity contribution is 5.88. The normalized spacial score (nSPS) is 11.0. The maximum atomic E-state index is 11.0. The number of rotatable bonds is 12. The fraction of sp³-hybridized carbons (Fsp3) is 0.750. The summed E-state index contributed by atoms with van der Waals surface area (Å²) in [5.41, 5.74) is 1.03. The van der Waals surface area contributed by atoms with Crippen LogP contribution in [0.15, 0.2) is 6.20 Å². The predicted molar refractivity (Wildman–Crippen MR) is 84.5 cm³/mol. The average molecular weight is 295 g/mol. The lowest BCUT2D eigenvalue weighted by Crippen LogP contribution is -2.19. The summed E-state index contributed by atoms with van der Waals surface area (Å²) < 4.78 is 1.63. The van der Waals surface area contributed by atoms with Gasteiger partial charge in [0.15, 0.2) is 0 Å². The third-order valence-electron chi connectivity index (χ3n) is 3.79. The Morgan fingerprint density at radius 3 is 2.43 bits per heavy atom. The van der Waals surface area contributed by atoms with E-state index in [9.17, 15) is 4.79 Å². The van der Waals surface area contributed by atoms with Gasteiger partial charge in [-0.15, -0.1) is 0 Å². The van der Waals surface area contributed by atoms with Crippen LogP contribution in [0.2, 0.25) is 0 Å². The number of aromatic carboxylic acids is 1. The highest BCUT2D eigenvalue weighted by atomic mass is 16.4. The molecular weight excluding hydrogens is 266 g/mol. The number of carbonyl (C=O) groups is 1. The summed E-state index contributed by atoms with van der Waals surface area (Å²) in [6, 6.07) is 0. The first-order valence-corrected chi connectivity index (χ1v) is 8.11. The Kier molecular flexibility index (Phi) is 8.74. The molecule has 0 saturated heterocycles. The highest BCUT2D eigenvalue weighted by Gasteiger charge is 2.13. The average Bonchev–Trinajstić information content (AvgIpc) is 2.82. The minimum atomic E-state index is -0.910. The zero-order chi connectivity index (χ0) is 15.5. The summed E-state index contributed by atoms with van der Waals surface area (Å²) in [5.74, 6) is -0.910. The maximum absolute atomic E-state index is 11.0. The lowest BCUT2D eigenvalue weighted by molar-refractivity contribution is 0.0695. The number of hydrogen-bond acceptors (Lipinski definition) is 3. The van der Waals surface area contributed by atoms with Gasteiger partial charge in [-0.3, -0.25) is 4.68 Å². The third-order valence-corrected chi connectivity index (χ3v) is 3.79. The van der Waals surface area contributed by atoms with Gasteiger partial charge in [0.05, 0.1) is 11.9 Å². The Morgan fingerprint density at radius 2 is 1.81 bits per heavy atom. The van der Waals surface area contributed by atoms with Gasteiger partial charge in [0.2, 0.25) is 0 Å². The van der Waals surface area contributed by atoms with Gasteiger partial charge >= 0.3 is 5.97 Å². The van der Waals surface area contributed by atoms with Crippen molar-refractivity contribution in [2.24, 2.45) is 7.05 Å². The van der Waals surface area contributed by atoms with Crippen molar-refractivity contribution in [3.8, 4) is 0 Å². The molecule has 2 N–H and O–H groups in total. The first kappa shape index (κ1) is 17.7. The Labute approximate surface area is 127 Å². The summed E-state index contributed by atoms with van der Waals surface area (Å²) in [5, 5.41) is 16.4. The molecule has 0 radical (unpaired) electrons. The van der Waals surface area contributed by atoms with E-state index in [1.165, 1.54) is 51.1 Å². The van der Waals surface area contributed by atoms with Crippen molar-refractivity contribution in [1.29, 1.82) is 0 Å². The van der Waals surface area contributed by atoms with Crippen LogP contribution >= 0.6 is 0 Å². The molecule has 0 unspecified atom stereocenters. The minimum Gasteiger partial charge on any atom is -0.478 e. The molecule has 0 atom stereocenters. The molecule has 1 heterocycles. The number of hydrogen-bond donors (Lipinski definition) is 2. The summed E-state index contributed by atoms with van der Waals surface area (Å²) >= 11 is 0. The van der Waals surface area contributed by atoms with Crippen molar-refractivity contribution in [3.63, 3.8) is 0 Å². The molecule has 0 bridgehead atoms. The molecule has 1 aromatic heterocycles. The molecule has 1 rings (SSSR count). The van der Waals surface area contributed by atoms with E-state index >= 15 is 0 Å². The van der Waals surface area contributed by atoms with Gasteiger partial charge in [0.25, 0.3) is 0 Å². The zero-order valence-electron chi connectivity index (χ0n) is 13.4. The second kappa shape index (κ2) is 10.4. The molecular formula is C16H29N3O2. The maximum Gasteiger partial charge on any atom is 0.339 e. The van der Waals surface area contributed by atoms with E-state index in [0.717, 1.165) is 18.7 Å². The van der Waals surface area contributed by atoms with E-state index in [2.05, 4.69) is 17.3 Å². The van der Waals surface area contributed by atoms with E-state index in [1.54, 1.807) is 11.7 Å². The SMILES string of the molecule is CCCCCCCCCCNCc1c(C(=O)O)cnn1C. The van der Waals surface area contributed by atoms with Gasteiger partial charge in [-0.05, 0) is 13.0 Å². The van der Waals surface area contributed by atoms with Crippen molar-refractivity contribution in [2.75, 3.05) is 6.54 Å². The minimum absolute atomic E-state index is 0.293. The van der Waals surface area contributed by atoms with Gasteiger partial charge in [0.1, 0.15) is 5.56 Å². The van der Waals surface area contributed by atoms with Crippen molar-refractivity contribution in [3.05, 3.63) is 17.5 Å². The van der Waals surface area contributed by atoms with Crippen LogP contribution in [0.5, 0.6) is 0 Å². The van der Waals surface area contributed by atoms with E-state index < -0.39 is 5.97 Å². The third kappa shape index (κ3) is 6.76. The summed E-state index contributed by atoms with van der Waals surface area (Å²) in [7, 11) is 1.78. The molecule has 1 aromatic rings. The molecule has 120 valence electrons. The smallest absolute Gasteiger partial charge is 0.339 e. The fourth-order valence-corrected chi connectivity index (χ4v) is 2.44. The number of carboxylic acid groups (broad SMARTS) is 1. The number of nitrogens with one attached hydrogen (secondary N) is 1. The van der Waals surface area contributed by atoms with Crippen molar-refractivity contribution in [2.45, 2.75) is 64.8 Å². The molecule has 5 heteroatoms. The monoisotopic (exact) mass is 295 g/mol. The molecule has 0 aliphatic heterocycles. The Balaban J connectivity index is 2.07. The van der Waals surface area contributed by atoms with Crippen LogP contribution in [0.4, 0.5) is 0 Å². The lowest BCUT2D eigenvalue weighted by atomic mass is 10.1. The first-order valence-electron chi connectivity index (χ1n) is 8.11. The first-order chi connectivity index (χ1) is 10.2. The Morgan fingerprint density at radius 1 is 1.19 bits per heavy atom. The van der Waals surface area contributed by atoms with Crippen LogP contribution in [0.1, 0.15) is 74.3 Å². The number of nitrogens with zero attached hydrogens (tertiary/aromatic N) is 2. The molecule has 0 amide bonds. The van der Waals surface area contributed by atoms with Crippen LogP contribution in [0.25, 0.3) is 0 Å². The topological polar surface area (TPSA) is 67.2 Å². The van der Waals surface area contributed by atoms with Crippen LogP contribution in [0.3, 0.4) is 0 Å². The van der Waals surface area contributed by atoms with Gasteiger partial charge in [0, 0.05) is 13.6 Å². The molecule has 21 heavy (non-hydrogen) atoms. The molecule has 0 aliphatic carbocycles. The van der Waals surface area contributed by atoms with Gasteiger partial charge in [-0.2, -0.15) is 5.10 Å². The van der Waals surface area contributed by atoms with Crippen molar-refractivity contribution < 1.29 is 9.90 Å². The van der Waals surface area contributed by atoms with E-state index in [-0.39, 0.29) is 0 Å². The molecule has 0 spiro atoms. The summed E-state index contributed by atoms with van der Waals surface area (Å²) in [6.45, 7) is 3.73. The van der Waals surface area contributed by atoms with Crippen LogP contribution < -0.4 is 5.32 Å². The molecule has 0 aliphatic rings. The quantitative estimate of drug-likeness (QED) is 0.580. The largest absolute Gasteiger partial charge is 0.478 e. The molecule has 0 fully saturated rings. The van der Waals surface area contributed by atoms with Crippen LogP contribution in [-0.2, 0) is 13.6 Å². The Hall–Kier alpha value is -1.36. The van der Waals surface area contributed by atoms with E-state index in [1.807, 2.05) is 0 Å². The van der Waals surface area contributed by atoms with E-state index in [4.69, 9.17) is 5.11 Å². The zero-order valence-corrected chi connectivity index (χ0v) is 13.4. The predicted octanol–water partition coefficient (Wildman–Crippen LogP) is 3.35. The van der Waals surface area contributed by atoms with Crippen molar-refractivity contribution in [1.82, 2.24) is 15.1 Å². The summed E-state index contributed by atoms with van der Waals surface area (Å²) in [6.07, 6.45) is 11.8. The number of aromatic nitrogens is 2. The van der Waals surface area contributed by atoms with Gasteiger partial charge in [-0.1, -0.05) is 51.9 Å². The second-order valence-corrected chi connectivity index (χ2v) is 5.59. The lowest BCUT2D eigenvalue weighted by Gasteiger charge is -2.06. The number of carboxylic acids is 1. The standard InChI is InChI=1S/C16H29N3O2/c1-3-4-5-6-7-8-9-10-11-17-13-15-14(16(20)21)12-18-19(15)2/h12,17H,3-11,13H2,1-2H3,(H,20,21). The number of aryl methyl sites for hydroxylation is 1. The van der Waals surface area contributed by atoms with Gasteiger partial charge < -0.3 is 10.4 Å².